The van der Waals surface area contributed by atoms with Crippen molar-refractivity contribution < 1.29 is 8.81 Å². The van der Waals surface area contributed by atoms with Gasteiger partial charge in [0.25, 0.3) is 0 Å². The number of aryl methyl sites for hydroxylation is 1. The van der Waals surface area contributed by atoms with Gasteiger partial charge in [0.05, 0.1) is 6.26 Å². The van der Waals surface area contributed by atoms with Crippen LogP contribution in [0.15, 0.2) is 45.9 Å². The second kappa shape index (κ2) is 6.67. The Kier molecular flexibility index (Phi) is 4.66. The fraction of sp³-hybridized carbons (Fsp3) is 0.412. The molecule has 2 aromatic rings. The first-order valence-corrected chi connectivity index (χ1v) is 8.41. The molecule has 2 unspecified atom stereocenters. The van der Waals surface area contributed by atoms with Crippen LogP contribution in [0.2, 0.25) is 0 Å². The Hall–Kier alpha value is -1.26. The molecule has 1 aromatic carbocycles. The third kappa shape index (κ3) is 3.69. The summed E-state index contributed by atoms with van der Waals surface area (Å²) in [4.78, 5) is 1.21. The quantitative estimate of drug-likeness (QED) is 0.876. The summed E-state index contributed by atoms with van der Waals surface area (Å²) in [6, 6.07) is 9.69. The fourth-order valence-electron chi connectivity index (χ4n) is 2.78. The lowest BCUT2D eigenvalue weighted by molar-refractivity contribution is 0.406. The fourth-order valence-corrected chi connectivity index (χ4v) is 3.88. The summed E-state index contributed by atoms with van der Waals surface area (Å²) >= 11 is 1.82. The Bertz CT molecular complexity index is 584. The van der Waals surface area contributed by atoms with Gasteiger partial charge in [-0.3, -0.25) is 0 Å². The molecular formula is C17H20FNOS. The molecule has 0 amide bonds. The van der Waals surface area contributed by atoms with Crippen molar-refractivity contribution in [3.8, 4) is 0 Å². The number of thioether (sulfide) groups is 1. The number of hydrogen-bond acceptors (Lipinski definition) is 3. The average Bonchev–Trinajstić information content (AvgIpc) is 2.99. The Morgan fingerprint density at radius 2 is 2.33 bits per heavy atom. The number of nitrogens with one attached hydrogen (secondary N) is 1. The van der Waals surface area contributed by atoms with E-state index < -0.39 is 0 Å². The zero-order chi connectivity index (χ0) is 14.7. The lowest BCUT2D eigenvalue weighted by atomic mass is 10.0. The molecule has 0 saturated heterocycles. The molecule has 1 aromatic heterocycles. The van der Waals surface area contributed by atoms with Crippen LogP contribution in [0.4, 0.5) is 4.39 Å². The van der Waals surface area contributed by atoms with Crippen molar-refractivity contribution in [1.82, 2.24) is 5.32 Å². The number of benzene rings is 1. The monoisotopic (exact) mass is 305 g/mol. The molecule has 2 atom stereocenters. The predicted octanol–water partition coefficient (Wildman–Crippen LogP) is 4.57. The van der Waals surface area contributed by atoms with E-state index in [0.29, 0.717) is 6.04 Å². The van der Waals surface area contributed by atoms with Gasteiger partial charge in [0.1, 0.15) is 11.6 Å². The second-order valence-electron chi connectivity index (χ2n) is 5.56. The Morgan fingerprint density at radius 1 is 1.43 bits per heavy atom. The summed E-state index contributed by atoms with van der Waals surface area (Å²) in [5.41, 5.74) is 1.11. The maximum Gasteiger partial charge on any atom is 0.123 e. The van der Waals surface area contributed by atoms with Gasteiger partial charge in [-0.1, -0.05) is 0 Å². The number of furan rings is 1. The zero-order valence-corrected chi connectivity index (χ0v) is 13.0. The molecule has 1 aliphatic heterocycles. The van der Waals surface area contributed by atoms with Gasteiger partial charge in [-0.25, -0.2) is 4.39 Å². The van der Waals surface area contributed by atoms with Crippen LogP contribution in [-0.2, 0) is 6.42 Å². The van der Waals surface area contributed by atoms with Gasteiger partial charge in [-0.2, -0.15) is 0 Å². The molecule has 0 spiro atoms. The van der Waals surface area contributed by atoms with E-state index in [1.54, 1.807) is 18.4 Å². The highest BCUT2D eigenvalue weighted by atomic mass is 32.2. The number of rotatable bonds is 5. The molecule has 0 aliphatic carbocycles. The molecule has 2 heterocycles. The van der Waals surface area contributed by atoms with Crippen molar-refractivity contribution in [2.24, 2.45) is 0 Å². The molecule has 1 aliphatic rings. The SMILES string of the molecule is CC(CCc1ccco1)NC1CCSc2ccc(F)cc21. The summed E-state index contributed by atoms with van der Waals surface area (Å²) < 4.78 is 18.9. The number of halogens is 1. The summed E-state index contributed by atoms with van der Waals surface area (Å²) in [6.45, 7) is 2.18. The summed E-state index contributed by atoms with van der Waals surface area (Å²) in [5, 5.41) is 3.64. The van der Waals surface area contributed by atoms with E-state index >= 15 is 0 Å². The molecule has 0 radical (unpaired) electrons. The highest BCUT2D eigenvalue weighted by Gasteiger charge is 2.22. The maximum absolute atomic E-state index is 13.5. The number of fused-ring (bicyclic) bond motifs is 1. The van der Waals surface area contributed by atoms with E-state index in [4.69, 9.17) is 4.42 Å². The molecule has 3 rings (SSSR count). The van der Waals surface area contributed by atoms with Crippen LogP contribution in [0.5, 0.6) is 0 Å². The molecule has 0 saturated carbocycles. The standard InChI is InChI=1S/C17H20FNOS/c1-12(4-6-14-3-2-9-20-14)19-16-8-10-21-17-7-5-13(18)11-15(16)17/h2-3,5,7,9,11-12,16,19H,4,6,8,10H2,1H3. The molecule has 0 fully saturated rings. The average molecular weight is 305 g/mol. The Labute approximate surface area is 129 Å². The molecule has 1 N–H and O–H groups in total. The van der Waals surface area contributed by atoms with Crippen molar-refractivity contribution in [2.45, 2.75) is 43.2 Å². The van der Waals surface area contributed by atoms with Crippen LogP contribution in [0.25, 0.3) is 0 Å². The molecule has 4 heteroatoms. The predicted molar refractivity (Wildman–Crippen MR) is 84.1 cm³/mol. The van der Waals surface area contributed by atoms with E-state index in [-0.39, 0.29) is 11.9 Å². The lowest BCUT2D eigenvalue weighted by Gasteiger charge is -2.29. The second-order valence-corrected chi connectivity index (χ2v) is 6.69. The minimum Gasteiger partial charge on any atom is -0.469 e. The highest BCUT2D eigenvalue weighted by Crippen LogP contribution is 2.36. The summed E-state index contributed by atoms with van der Waals surface area (Å²) in [5.74, 6) is 1.96. The smallest absolute Gasteiger partial charge is 0.123 e. The summed E-state index contributed by atoms with van der Waals surface area (Å²) in [6.07, 6.45) is 4.71. The van der Waals surface area contributed by atoms with Crippen LogP contribution < -0.4 is 5.32 Å². The molecule has 21 heavy (non-hydrogen) atoms. The van der Waals surface area contributed by atoms with Gasteiger partial charge in [0.15, 0.2) is 0 Å². The highest BCUT2D eigenvalue weighted by molar-refractivity contribution is 7.99. The van der Waals surface area contributed by atoms with Gasteiger partial charge in [0.2, 0.25) is 0 Å². The van der Waals surface area contributed by atoms with Crippen molar-refractivity contribution in [3.63, 3.8) is 0 Å². The van der Waals surface area contributed by atoms with Gasteiger partial charge < -0.3 is 9.73 Å². The van der Waals surface area contributed by atoms with Gasteiger partial charge in [-0.05, 0) is 61.4 Å². The first-order chi connectivity index (χ1) is 10.2. The molecule has 112 valence electrons. The van der Waals surface area contributed by atoms with Crippen LogP contribution in [0, 0.1) is 5.82 Å². The number of hydrogen-bond donors (Lipinski definition) is 1. The van der Waals surface area contributed by atoms with Crippen molar-refractivity contribution in [3.05, 3.63) is 53.7 Å². The van der Waals surface area contributed by atoms with E-state index in [0.717, 1.165) is 36.3 Å². The van der Waals surface area contributed by atoms with Crippen molar-refractivity contribution in [2.75, 3.05) is 5.75 Å². The third-order valence-corrected chi connectivity index (χ3v) is 5.02. The zero-order valence-electron chi connectivity index (χ0n) is 12.1. The van der Waals surface area contributed by atoms with Gasteiger partial charge >= 0.3 is 0 Å². The normalized spacial score (nSPS) is 19.2. The largest absolute Gasteiger partial charge is 0.469 e. The van der Waals surface area contributed by atoms with Gasteiger partial charge in [-0.15, -0.1) is 11.8 Å². The minimum atomic E-state index is -0.147. The molecule has 2 nitrogen and oxygen atoms in total. The maximum atomic E-state index is 13.5. The lowest BCUT2D eigenvalue weighted by Crippen LogP contribution is -2.32. The third-order valence-electron chi connectivity index (χ3n) is 3.90. The topological polar surface area (TPSA) is 25.2 Å². The van der Waals surface area contributed by atoms with Crippen molar-refractivity contribution in [1.29, 1.82) is 0 Å². The van der Waals surface area contributed by atoms with Crippen LogP contribution in [-0.4, -0.2) is 11.8 Å². The van der Waals surface area contributed by atoms with E-state index in [1.165, 1.54) is 4.90 Å². The van der Waals surface area contributed by atoms with Gasteiger partial charge in [0, 0.05) is 23.4 Å². The molecular weight excluding hydrogens is 285 g/mol. The first-order valence-electron chi connectivity index (χ1n) is 7.43. The minimum absolute atomic E-state index is 0.147. The van der Waals surface area contributed by atoms with Crippen LogP contribution >= 0.6 is 11.8 Å². The molecule has 0 bridgehead atoms. The van der Waals surface area contributed by atoms with Crippen LogP contribution in [0.1, 0.15) is 37.1 Å². The van der Waals surface area contributed by atoms with Crippen molar-refractivity contribution >= 4 is 11.8 Å². The van der Waals surface area contributed by atoms with E-state index in [9.17, 15) is 4.39 Å². The van der Waals surface area contributed by atoms with E-state index in [1.807, 2.05) is 30.0 Å². The van der Waals surface area contributed by atoms with E-state index in [2.05, 4.69) is 12.2 Å². The van der Waals surface area contributed by atoms with Crippen LogP contribution in [0.3, 0.4) is 0 Å². The first kappa shape index (κ1) is 14.7. The summed E-state index contributed by atoms with van der Waals surface area (Å²) in [7, 11) is 0. The Morgan fingerprint density at radius 3 is 3.14 bits per heavy atom. The Balaban J connectivity index is 1.61.